The minimum absolute atomic E-state index is 0.202. The van der Waals surface area contributed by atoms with Crippen molar-refractivity contribution in [3.63, 3.8) is 0 Å². The number of carbonyl (C=O) groups is 1. The third-order valence-corrected chi connectivity index (χ3v) is 5.49. The average Bonchev–Trinajstić information content (AvgIpc) is 3.16. The van der Waals surface area contributed by atoms with Crippen LogP contribution in [0.15, 0.2) is 36.4 Å². The van der Waals surface area contributed by atoms with Crippen molar-refractivity contribution in [1.82, 2.24) is 20.4 Å². The molecular weight excluding hydrogens is 336 g/mol. The van der Waals surface area contributed by atoms with Gasteiger partial charge in [0.25, 0.3) is 0 Å². The number of benzene rings is 1. The fourth-order valence-electron chi connectivity index (χ4n) is 3.87. The number of aryl methyl sites for hydroxylation is 1. The van der Waals surface area contributed by atoms with Crippen molar-refractivity contribution in [2.75, 3.05) is 20.1 Å². The first kappa shape index (κ1) is 19.6. The fraction of sp³-hybridized carbons (Fsp3) is 0.545. The van der Waals surface area contributed by atoms with Crippen molar-refractivity contribution in [2.45, 2.75) is 51.5 Å². The van der Waals surface area contributed by atoms with Crippen LogP contribution in [0.4, 0.5) is 0 Å². The molecule has 2 atom stereocenters. The van der Waals surface area contributed by atoms with E-state index in [2.05, 4.69) is 40.6 Å². The molecule has 0 spiro atoms. The predicted molar refractivity (Wildman–Crippen MR) is 109 cm³/mol. The quantitative estimate of drug-likeness (QED) is 0.700. The van der Waals surface area contributed by atoms with E-state index in [1.807, 2.05) is 30.1 Å². The summed E-state index contributed by atoms with van der Waals surface area (Å²) in [7, 11) is 1.95. The molecule has 0 unspecified atom stereocenters. The number of rotatable bonds is 8. The molecule has 5 nitrogen and oxygen atoms in total. The maximum absolute atomic E-state index is 12.6. The topological polar surface area (TPSA) is 61.0 Å². The highest BCUT2D eigenvalue weighted by molar-refractivity contribution is 5.78. The van der Waals surface area contributed by atoms with Gasteiger partial charge in [0.2, 0.25) is 5.91 Å². The SMILES string of the molecule is C[C@H]1C[C@@H](C(=O)N(C)CCCCCc2cc(-c3ccccc3)n[nH]2)CCN1. The van der Waals surface area contributed by atoms with E-state index in [1.54, 1.807) is 0 Å². The zero-order valence-electron chi connectivity index (χ0n) is 16.6. The Labute approximate surface area is 162 Å². The second-order valence-electron chi connectivity index (χ2n) is 7.79. The summed E-state index contributed by atoms with van der Waals surface area (Å²) in [6.07, 6.45) is 6.23. The zero-order valence-corrected chi connectivity index (χ0v) is 16.6. The van der Waals surface area contributed by atoms with Crippen molar-refractivity contribution in [2.24, 2.45) is 5.92 Å². The smallest absolute Gasteiger partial charge is 0.225 e. The van der Waals surface area contributed by atoms with Crippen LogP contribution < -0.4 is 5.32 Å². The Morgan fingerprint density at radius 2 is 2.04 bits per heavy atom. The van der Waals surface area contributed by atoms with Gasteiger partial charge in [-0.1, -0.05) is 36.8 Å². The Morgan fingerprint density at radius 3 is 2.81 bits per heavy atom. The normalized spacial score (nSPS) is 19.8. The first-order valence-corrected chi connectivity index (χ1v) is 10.2. The van der Waals surface area contributed by atoms with Crippen LogP contribution in [0.25, 0.3) is 11.3 Å². The molecule has 1 aliphatic rings. The van der Waals surface area contributed by atoms with Crippen LogP contribution in [0.5, 0.6) is 0 Å². The van der Waals surface area contributed by atoms with Gasteiger partial charge < -0.3 is 10.2 Å². The molecule has 0 saturated carbocycles. The van der Waals surface area contributed by atoms with E-state index >= 15 is 0 Å². The third kappa shape index (κ3) is 5.67. The summed E-state index contributed by atoms with van der Waals surface area (Å²) in [6, 6.07) is 12.8. The predicted octanol–water partition coefficient (Wildman–Crippen LogP) is 3.64. The number of aromatic amines is 1. The van der Waals surface area contributed by atoms with Crippen molar-refractivity contribution < 1.29 is 4.79 Å². The zero-order chi connectivity index (χ0) is 19.1. The van der Waals surface area contributed by atoms with E-state index in [-0.39, 0.29) is 5.92 Å². The number of hydrogen-bond donors (Lipinski definition) is 2. The highest BCUT2D eigenvalue weighted by Gasteiger charge is 2.26. The molecule has 3 rings (SSSR count). The number of hydrogen-bond acceptors (Lipinski definition) is 3. The minimum atomic E-state index is 0.202. The van der Waals surface area contributed by atoms with Crippen LogP contribution in [-0.2, 0) is 11.2 Å². The number of carbonyl (C=O) groups excluding carboxylic acids is 1. The molecule has 0 aliphatic carbocycles. The highest BCUT2D eigenvalue weighted by atomic mass is 16.2. The lowest BCUT2D eigenvalue weighted by atomic mass is 9.92. The molecule has 1 amide bonds. The van der Waals surface area contributed by atoms with E-state index in [0.717, 1.165) is 62.9 Å². The third-order valence-electron chi connectivity index (χ3n) is 5.49. The van der Waals surface area contributed by atoms with Gasteiger partial charge in [-0.25, -0.2) is 0 Å². The second kappa shape index (κ2) is 9.70. The van der Waals surface area contributed by atoms with Gasteiger partial charge >= 0.3 is 0 Å². The standard InChI is InChI=1S/C22H32N4O/c1-17-15-19(12-13-23-17)22(27)26(2)14-8-4-7-11-20-16-21(25-24-20)18-9-5-3-6-10-18/h3,5-6,9-10,16-17,19,23H,4,7-8,11-15H2,1-2H3,(H,24,25)/t17-,19-/m0/s1. The molecule has 1 fully saturated rings. The minimum Gasteiger partial charge on any atom is -0.346 e. The summed E-state index contributed by atoms with van der Waals surface area (Å²) in [5.41, 5.74) is 3.33. The van der Waals surface area contributed by atoms with E-state index in [1.165, 1.54) is 5.69 Å². The van der Waals surface area contributed by atoms with Gasteiger partial charge in [0.1, 0.15) is 0 Å². The molecule has 5 heteroatoms. The Hall–Kier alpha value is -2.14. The van der Waals surface area contributed by atoms with Crippen LogP contribution in [0, 0.1) is 5.92 Å². The Kier molecular flexibility index (Phi) is 7.04. The van der Waals surface area contributed by atoms with Crippen molar-refractivity contribution >= 4 is 5.91 Å². The molecule has 0 radical (unpaired) electrons. The molecule has 27 heavy (non-hydrogen) atoms. The van der Waals surface area contributed by atoms with Crippen molar-refractivity contribution in [3.8, 4) is 11.3 Å². The first-order chi connectivity index (χ1) is 13.1. The molecule has 0 bridgehead atoms. The molecule has 1 saturated heterocycles. The van der Waals surface area contributed by atoms with Crippen LogP contribution >= 0.6 is 0 Å². The van der Waals surface area contributed by atoms with Gasteiger partial charge in [-0.3, -0.25) is 9.89 Å². The molecule has 2 N–H and O–H groups in total. The van der Waals surface area contributed by atoms with Crippen molar-refractivity contribution in [3.05, 3.63) is 42.1 Å². The summed E-state index contributed by atoms with van der Waals surface area (Å²) in [6.45, 7) is 3.98. The maximum Gasteiger partial charge on any atom is 0.225 e. The van der Waals surface area contributed by atoms with Gasteiger partial charge in [0.15, 0.2) is 0 Å². The van der Waals surface area contributed by atoms with Crippen molar-refractivity contribution in [1.29, 1.82) is 0 Å². The number of unbranched alkanes of at least 4 members (excludes halogenated alkanes) is 2. The molecule has 1 aliphatic heterocycles. The summed E-state index contributed by atoms with van der Waals surface area (Å²) in [5, 5.41) is 11.0. The Morgan fingerprint density at radius 1 is 1.22 bits per heavy atom. The number of nitrogens with one attached hydrogen (secondary N) is 2. The van der Waals surface area contributed by atoms with Crippen LogP contribution in [-0.4, -0.2) is 47.2 Å². The Balaban J connectivity index is 1.34. The molecule has 1 aromatic carbocycles. The van der Waals surface area contributed by atoms with Gasteiger partial charge in [0.05, 0.1) is 5.69 Å². The summed E-state index contributed by atoms with van der Waals surface area (Å²) < 4.78 is 0. The number of H-pyrrole nitrogens is 1. The Bertz CT molecular complexity index is 712. The molecule has 2 heterocycles. The van der Waals surface area contributed by atoms with Gasteiger partial charge in [0, 0.05) is 36.8 Å². The average molecular weight is 369 g/mol. The number of amides is 1. The van der Waals surface area contributed by atoms with Gasteiger partial charge in [-0.2, -0.15) is 5.10 Å². The number of nitrogens with zero attached hydrogens (tertiary/aromatic N) is 2. The first-order valence-electron chi connectivity index (χ1n) is 10.2. The van der Waals surface area contributed by atoms with Crippen LogP contribution in [0.2, 0.25) is 0 Å². The van der Waals surface area contributed by atoms with E-state index in [4.69, 9.17) is 0 Å². The maximum atomic E-state index is 12.6. The molecule has 2 aromatic rings. The lowest BCUT2D eigenvalue weighted by molar-refractivity contribution is -0.135. The van der Waals surface area contributed by atoms with E-state index < -0.39 is 0 Å². The lowest BCUT2D eigenvalue weighted by Crippen LogP contribution is -2.43. The highest BCUT2D eigenvalue weighted by Crippen LogP contribution is 2.19. The van der Waals surface area contributed by atoms with E-state index in [9.17, 15) is 4.79 Å². The summed E-state index contributed by atoms with van der Waals surface area (Å²) in [4.78, 5) is 14.5. The summed E-state index contributed by atoms with van der Waals surface area (Å²) >= 11 is 0. The lowest BCUT2D eigenvalue weighted by Gasteiger charge is -2.30. The van der Waals surface area contributed by atoms with E-state index in [0.29, 0.717) is 11.9 Å². The van der Waals surface area contributed by atoms with Crippen LogP contribution in [0.1, 0.15) is 44.7 Å². The molecule has 1 aromatic heterocycles. The van der Waals surface area contributed by atoms with Crippen LogP contribution in [0.3, 0.4) is 0 Å². The fourth-order valence-corrected chi connectivity index (χ4v) is 3.87. The molecule has 146 valence electrons. The second-order valence-corrected chi connectivity index (χ2v) is 7.79. The monoisotopic (exact) mass is 368 g/mol. The summed E-state index contributed by atoms with van der Waals surface area (Å²) in [5.74, 6) is 0.525. The van der Waals surface area contributed by atoms with Gasteiger partial charge in [-0.15, -0.1) is 0 Å². The number of aromatic nitrogens is 2. The largest absolute Gasteiger partial charge is 0.346 e. The van der Waals surface area contributed by atoms with Gasteiger partial charge in [-0.05, 0) is 51.6 Å². The number of piperidine rings is 1. The molecular formula is C22H32N4O.